The van der Waals surface area contributed by atoms with E-state index in [4.69, 9.17) is 4.74 Å². The number of benzene rings is 1. The molecular formula is C14H20O2. The lowest BCUT2D eigenvalue weighted by Crippen LogP contribution is -2.13. The van der Waals surface area contributed by atoms with Gasteiger partial charge < -0.3 is 9.84 Å². The van der Waals surface area contributed by atoms with Gasteiger partial charge in [-0.05, 0) is 55.9 Å². The number of aliphatic hydroxyl groups excluding tert-OH is 1. The van der Waals surface area contributed by atoms with Crippen LogP contribution in [-0.2, 0) is 0 Å². The van der Waals surface area contributed by atoms with Gasteiger partial charge in [0.2, 0.25) is 0 Å². The maximum absolute atomic E-state index is 9.98. The monoisotopic (exact) mass is 220 g/mol. The van der Waals surface area contributed by atoms with Crippen molar-refractivity contribution in [3.05, 3.63) is 29.3 Å². The van der Waals surface area contributed by atoms with Crippen LogP contribution in [0, 0.1) is 0 Å². The minimum atomic E-state index is -0.318. The molecule has 1 aromatic carbocycles. The standard InChI is InChI=1S/C14H20O2/c1-9(2)16-11-5-6-12-10(3)4-7-14(15)13(12)8-11/h5-6,8-10,14-15H,4,7H2,1-3H3/t10?,14-/m0/s1. The van der Waals surface area contributed by atoms with Crippen molar-refractivity contribution in [3.63, 3.8) is 0 Å². The molecule has 2 rings (SSSR count). The average molecular weight is 220 g/mol. The van der Waals surface area contributed by atoms with Gasteiger partial charge in [0.05, 0.1) is 12.2 Å². The van der Waals surface area contributed by atoms with Gasteiger partial charge in [0.15, 0.2) is 0 Å². The van der Waals surface area contributed by atoms with Crippen molar-refractivity contribution in [1.82, 2.24) is 0 Å². The summed E-state index contributed by atoms with van der Waals surface area (Å²) in [5, 5.41) is 9.98. The number of aliphatic hydroxyl groups is 1. The number of hydrogen-bond acceptors (Lipinski definition) is 2. The Labute approximate surface area is 97.3 Å². The molecule has 1 aromatic rings. The van der Waals surface area contributed by atoms with E-state index >= 15 is 0 Å². The molecule has 0 aromatic heterocycles. The first-order valence-electron chi connectivity index (χ1n) is 6.06. The summed E-state index contributed by atoms with van der Waals surface area (Å²) in [6, 6.07) is 6.10. The van der Waals surface area contributed by atoms with Crippen LogP contribution >= 0.6 is 0 Å². The van der Waals surface area contributed by atoms with Crippen LogP contribution in [0.4, 0.5) is 0 Å². The van der Waals surface area contributed by atoms with Crippen LogP contribution in [0.2, 0.25) is 0 Å². The smallest absolute Gasteiger partial charge is 0.120 e. The number of hydrogen-bond donors (Lipinski definition) is 1. The first-order chi connectivity index (χ1) is 7.58. The van der Waals surface area contributed by atoms with Gasteiger partial charge in [-0.25, -0.2) is 0 Å². The minimum Gasteiger partial charge on any atom is -0.491 e. The molecule has 0 spiro atoms. The molecule has 0 bridgehead atoms. The second kappa shape index (κ2) is 4.46. The Morgan fingerprint density at radius 2 is 2.00 bits per heavy atom. The zero-order valence-electron chi connectivity index (χ0n) is 10.2. The number of rotatable bonds is 2. The molecule has 2 nitrogen and oxygen atoms in total. The van der Waals surface area contributed by atoms with Gasteiger partial charge in [0.1, 0.15) is 5.75 Å². The topological polar surface area (TPSA) is 29.5 Å². The molecule has 0 amide bonds. The van der Waals surface area contributed by atoms with Gasteiger partial charge in [-0.2, -0.15) is 0 Å². The fourth-order valence-electron chi connectivity index (χ4n) is 2.35. The first kappa shape index (κ1) is 11.5. The molecule has 2 atom stereocenters. The van der Waals surface area contributed by atoms with Crippen LogP contribution in [0.1, 0.15) is 56.8 Å². The lowest BCUT2D eigenvalue weighted by atomic mass is 9.82. The average Bonchev–Trinajstić information content (AvgIpc) is 2.23. The lowest BCUT2D eigenvalue weighted by molar-refractivity contribution is 0.150. The molecule has 0 radical (unpaired) electrons. The normalized spacial score (nSPS) is 24.3. The van der Waals surface area contributed by atoms with Crippen LogP contribution in [0.15, 0.2) is 18.2 Å². The third-order valence-corrected chi connectivity index (χ3v) is 3.19. The summed E-state index contributed by atoms with van der Waals surface area (Å²) in [5.41, 5.74) is 2.33. The van der Waals surface area contributed by atoms with E-state index < -0.39 is 0 Å². The second-order valence-corrected chi connectivity index (χ2v) is 4.95. The van der Waals surface area contributed by atoms with Gasteiger partial charge in [0, 0.05) is 0 Å². The van der Waals surface area contributed by atoms with Crippen LogP contribution in [0.3, 0.4) is 0 Å². The summed E-state index contributed by atoms with van der Waals surface area (Å²) in [4.78, 5) is 0. The summed E-state index contributed by atoms with van der Waals surface area (Å²) in [6.45, 7) is 6.24. The molecule has 1 aliphatic carbocycles. The van der Waals surface area contributed by atoms with E-state index in [0.29, 0.717) is 5.92 Å². The van der Waals surface area contributed by atoms with Crippen molar-refractivity contribution >= 4 is 0 Å². The van der Waals surface area contributed by atoms with Crippen LogP contribution in [0.5, 0.6) is 5.75 Å². The van der Waals surface area contributed by atoms with Crippen molar-refractivity contribution in [2.75, 3.05) is 0 Å². The SMILES string of the molecule is CC(C)Oc1ccc2c(c1)[C@@H](O)CCC2C. The highest BCUT2D eigenvalue weighted by Gasteiger charge is 2.23. The van der Waals surface area contributed by atoms with Gasteiger partial charge in [-0.3, -0.25) is 0 Å². The Balaban J connectivity index is 2.32. The van der Waals surface area contributed by atoms with Crippen LogP contribution in [0.25, 0.3) is 0 Å². The van der Waals surface area contributed by atoms with Gasteiger partial charge in [0.25, 0.3) is 0 Å². The third-order valence-electron chi connectivity index (χ3n) is 3.19. The van der Waals surface area contributed by atoms with Crippen LogP contribution < -0.4 is 4.74 Å². The van der Waals surface area contributed by atoms with Crippen molar-refractivity contribution in [2.45, 2.75) is 51.7 Å². The molecule has 0 fully saturated rings. The molecule has 16 heavy (non-hydrogen) atoms. The molecule has 2 heteroatoms. The zero-order chi connectivity index (χ0) is 11.7. The van der Waals surface area contributed by atoms with Gasteiger partial charge >= 0.3 is 0 Å². The van der Waals surface area contributed by atoms with E-state index in [-0.39, 0.29) is 12.2 Å². The highest BCUT2D eigenvalue weighted by Crippen LogP contribution is 2.38. The summed E-state index contributed by atoms with van der Waals surface area (Å²) in [6.07, 6.45) is 1.79. The second-order valence-electron chi connectivity index (χ2n) is 4.95. The Morgan fingerprint density at radius 1 is 1.25 bits per heavy atom. The molecule has 0 saturated carbocycles. The highest BCUT2D eigenvalue weighted by molar-refractivity contribution is 5.40. The Hall–Kier alpha value is -1.02. The highest BCUT2D eigenvalue weighted by atomic mass is 16.5. The first-order valence-corrected chi connectivity index (χ1v) is 6.06. The van der Waals surface area contributed by atoms with E-state index in [9.17, 15) is 5.11 Å². The van der Waals surface area contributed by atoms with Crippen LogP contribution in [-0.4, -0.2) is 11.2 Å². The van der Waals surface area contributed by atoms with E-state index in [0.717, 1.165) is 24.2 Å². The van der Waals surface area contributed by atoms with Gasteiger partial charge in [-0.1, -0.05) is 13.0 Å². The maximum Gasteiger partial charge on any atom is 0.120 e. The molecular weight excluding hydrogens is 200 g/mol. The Morgan fingerprint density at radius 3 is 2.69 bits per heavy atom. The number of fused-ring (bicyclic) bond motifs is 1. The van der Waals surface area contributed by atoms with Crippen molar-refractivity contribution in [2.24, 2.45) is 0 Å². The fourth-order valence-corrected chi connectivity index (χ4v) is 2.35. The predicted octanol–water partition coefficient (Wildman–Crippen LogP) is 3.40. The molecule has 0 saturated heterocycles. The predicted molar refractivity (Wildman–Crippen MR) is 64.8 cm³/mol. The van der Waals surface area contributed by atoms with Crippen molar-refractivity contribution in [3.8, 4) is 5.75 Å². The quantitative estimate of drug-likeness (QED) is 0.827. The fraction of sp³-hybridized carbons (Fsp3) is 0.571. The van der Waals surface area contributed by atoms with E-state index in [1.165, 1.54) is 5.56 Å². The summed E-state index contributed by atoms with van der Waals surface area (Å²) in [7, 11) is 0. The molecule has 1 aliphatic rings. The van der Waals surface area contributed by atoms with E-state index in [1.807, 2.05) is 26.0 Å². The summed E-state index contributed by atoms with van der Waals surface area (Å²) >= 11 is 0. The largest absolute Gasteiger partial charge is 0.491 e. The van der Waals surface area contributed by atoms with Crippen molar-refractivity contribution in [1.29, 1.82) is 0 Å². The Bertz CT molecular complexity index is 371. The lowest BCUT2D eigenvalue weighted by Gasteiger charge is -2.27. The molecule has 0 heterocycles. The van der Waals surface area contributed by atoms with E-state index in [2.05, 4.69) is 13.0 Å². The third kappa shape index (κ3) is 2.22. The molecule has 0 aliphatic heterocycles. The Kier molecular flexibility index (Phi) is 3.20. The maximum atomic E-state index is 9.98. The minimum absolute atomic E-state index is 0.177. The summed E-state index contributed by atoms with van der Waals surface area (Å²) in [5.74, 6) is 1.41. The van der Waals surface area contributed by atoms with Crippen molar-refractivity contribution < 1.29 is 9.84 Å². The number of ether oxygens (including phenoxy) is 1. The molecule has 1 unspecified atom stereocenters. The summed E-state index contributed by atoms with van der Waals surface area (Å²) < 4.78 is 5.65. The molecule has 88 valence electrons. The van der Waals surface area contributed by atoms with E-state index in [1.54, 1.807) is 0 Å². The molecule has 1 N–H and O–H groups in total. The zero-order valence-corrected chi connectivity index (χ0v) is 10.2. The van der Waals surface area contributed by atoms with Gasteiger partial charge in [-0.15, -0.1) is 0 Å².